The summed E-state index contributed by atoms with van der Waals surface area (Å²) in [4.78, 5) is 10.4. The van der Waals surface area contributed by atoms with Crippen LogP contribution in [-0.2, 0) is 4.79 Å². The van der Waals surface area contributed by atoms with Gasteiger partial charge in [0.25, 0.3) is 0 Å². The fraction of sp³-hybridized carbons (Fsp3) is 0.364. The summed E-state index contributed by atoms with van der Waals surface area (Å²) in [6, 6.07) is 0. The first-order valence-electron chi connectivity index (χ1n) is 4.47. The monoisotopic (exact) mass is 176 g/mol. The number of carboxylic acids is 1. The van der Waals surface area contributed by atoms with Crippen LogP contribution in [-0.4, -0.2) is 11.1 Å². The maximum absolute atomic E-state index is 10.4. The quantitative estimate of drug-likeness (QED) is 0.654. The molecule has 0 bridgehead atoms. The molecule has 0 saturated heterocycles. The molecule has 68 valence electrons. The van der Waals surface area contributed by atoms with E-state index in [1.807, 2.05) is 6.08 Å². The molecule has 0 aromatic carbocycles. The van der Waals surface area contributed by atoms with Crippen molar-refractivity contribution >= 4 is 5.97 Å². The van der Waals surface area contributed by atoms with E-state index in [0.717, 1.165) is 18.4 Å². The summed E-state index contributed by atoms with van der Waals surface area (Å²) in [5, 5.41) is 8.57. The van der Waals surface area contributed by atoms with E-state index in [4.69, 9.17) is 5.11 Å². The van der Waals surface area contributed by atoms with Gasteiger partial charge in [0.15, 0.2) is 0 Å². The van der Waals surface area contributed by atoms with Crippen LogP contribution in [0.2, 0.25) is 0 Å². The molecule has 2 heteroatoms. The minimum absolute atomic E-state index is 0.393. The summed E-state index contributed by atoms with van der Waals surface area (Å²) in [6.07, 6.45) is 7.40. The second kappa shape index (κ2) is 2.87. The Hall–Kier alpha value is -1.31. The van der Waals surface area contributed by atoms with E-state index in [0.29, 0.717) is 11.8 Å². The normalized spacial score (nSPS) is 33.5. The van der Waals surface area contributed by atoms with Gasteiger partial charge in [-0.25, -0.2) is 4.79 Å². The van der Waals surface area contributed by atoms with Gasteiger partial charge in [0.05, 0.1) is 0 Å². The third kappa shape index (κ3) is 1.32. The highest BCUT2D eigenvalue weighted by molar-refractivity contribution is 5.81. The van der Waals surface area contributed by atoms with Gasteiger partial charge in [0, 0.05) is 12.0 Å². The number of rotatable bonds is 2. The number of hydrogen-bond donors (Lipinski definition) is 1. The van der Waals surface area contributed by atoms with E-state index >= 15 is 0 Å². The zero-order valence-electron chi connectivity index (χ0n) is 7.36. The van der Waals surface area contributed by atoms with Gasteiger partial charge in [-0.15, -0.1) is 0 Å². The fourth-order valence-corrected chi connectivity index (χ4v) is 2.22. The molecule has 0 aromatic rings. The van der Waals surface area contributed by atoms with Gasteiger partial charge in [-0.05, 0) is 18.8 Å². The highest BCUT2D eigenvalue weighted by Crippen LogP contribution is 2.49. The molecule has 2 aliphatic rings. The van der Waals surface area contributed by atoms with Gasteiger partial charge in [0.1, 0.15) is 0 Å². The fourth-order valence-electron chi connectivity index (χ4n) is 2.22. The third-order valence-corrected chi connectivity index (χ3v) is 2.90. The molecule has 1 fully saturated rings. The molecule has 2 rings (SSSR count). The summed E-state index contributed by atoms with van der Waals surface area (Å²) in [6.45, 7) is 3.72. The minimum atomic E-state index is -0.825. The van der Waals surface area contributed by atoms with Crippen molar-refractivity contribution in [3.8, 4) is 0 Å². The van der Waals surface area contributed by atoms with Gasteiger partial charge in [0.2, 0.25) is 0 Å². The highest BCUT2D eigenvalue weighted by atomic mass is 16.4. The van der Waals surface area contributed by atoms with Crippen LogP contribution in [0.3, 0.4) is 0 Å². The number of aliphatic carboxylic acids is 1. The number of hydrogen-bond acceptors (Lipinski definition) is 1. The summed E-state index contributed by atoms with van der Waals surface area (Å²) in [7, 11) is 0. The molecule has 0 aromatic heterocycles. The Kier molecular flexibility index (Phi) is 1.83. The lowest BCUT2D eigenvalue weighted by molar-refractivity contribution is -0.131. The van der Waals surface area contributed by atoms with Crippen molar-refractivity contribution in [1.82, 2.24) is 0 Å². The predicted octanol–water partition coefficient (Wildman–Crippen LogP) is 2.15. The average molecular weight is 176 g/mol. The summed E-state index contributed by atoms with van der Waals surface area (Å²) in [5.74, 6) is 0.219. The van der Waals surface area contributed by atoms with Crippen LogP contribution < -0.4 is 0 Å². The van der Waals surface area contributed by atoms with Crippen molar-refractivity contribution in [1.29, 1.82) is 0 Å². The van der Waals surface area contributed by atoms with Crippen LogP contribution in [0, 0.1) is 11.8 Å². The molecular formula is C11H12O2. The van der Waals surface area contributed by atoms with Crippen molar-refractivity contribution in [3.63, 3.8) is 0 Å². The Morgan fingerprint density at radius 3 is 3.00 bits per heavy atom. The Labute approximate surface area is 77.3 Å². The van der Waals surface area contributed by atoms with Crippen LogP contribution in [0.5, 0.6) is 0 Å². The van der Waals surface area contributed by atoms with Crippen molar-refractivity contribution in [2.75, 3.05) is 0 Å². The van der Waals surface area contributed by atoms with Crippen molar-refractivity contribution in [3.05, 3.63) is 36.0 Å². The SMILES string of the molecule is C=CC1=C[C@H]2C(=CC(=O)O)C[C@H]2C1. The van der Waals surface area contributed by atoms with E-state index in [1.54, 1.807) is 0 Å². The summed E-state index contributed by atoms with van der Waals surface area (Å²) < 4.78 is 0. The minimum Gasteiger partial charge on any atom is -0.478 e. The second-order valence-electron chi connectivity index (χ2n) is 3.70. The first kappa shape index (κ1) is 8.30. The topological polar surface area (TPSA) is 37.3 Å². The maximum atomic E-state index is 10.4. The molecule has 13 heavy (non-hydrogen) atoms. The van der Waals surface area contributed by atoms with Crippen molar-refractivity contribution < 1.29 is 9.90 Å². The molecule has 0 amide bonds. The molecular weight excluding hydrogens is 164 g/mol. The molecule has 0 radical (unpaired) electrons. The van der Waals surface area contributed by atoms with Crippen LogP contribution in [0.1, 0.15) is 12.8 Å². The Morgan fingerprint density at radius 2 is 2.38 bits per heavy atom. The zero-order valence-corrected chi connectivity index (χ0v) is 7.36. The van der Waals surface area contributed by atoms with Gasteiger partial charge >= 0.3 is 5.97 Å². The number of carboxylic acid groups (broad SMARTS) is 1. The number of carbonyl (C=O) groups is 1. The van der Waals surface area contributed by atoms with Crippen LogP contribution >= 0.6 is 0 Å². The van der Waals surface area contributed by atoms with E-state index in [-0.39, 0.29) is 0 Å². The molecule has 0 unspecified atom stereocenters. The number of allylic oxidation sites excluding steroid dienone is 4. The highest BCUT2D eigenvalue weighted by Gasteiger charge is 2.38. The van der Waals surface area contributed by atoms with Crippen LogP contribution in [0.15, 0.2) is 36.0 Å². The average Bonchev–Trinajstić information content (AvgIpc) is 2.38. The lowest BCUT2D eigenvalue weighted by Gasteiger charge is -2.33. The van der Waals surface area contributed by atoms with E-state index in [1.165, 1.54) is 11.6 Å². The van der Waals surface area contributed by atoms with E-state index < -0.39 is 5.97 Å². The predicted molar refractivity (Wildman–Crippen MR) is 50.2 cm³/mol. The Balaban J connectivity index is 2.13. The molecule has 2 atom stereocenters. The van der Waals surface area contributed by atoms with Gasteiger partial charge in [-0.3, -0.25) is 0 Å². The largest absolute Gasteiger partial charge is 0.478 e. The van der Waals surface area contributed by atoms with Gasteiger partial charge in [-0.2, -0.15) is 0 Å². The standard InChI is InChI=1S/C11H12O2/c1-2-7-3-8-5-9(6-11(12)13)10(8)4-7/h2,4,6,8,10H,1,3,5H2,(H,12,13)/t8-,10-/m1/s1. The zero-order chi connectivity index (χ0) is 9.42. The molecule has 0 spiro atoms. The second-order valence-corrected chi connectivity index (χ2v) is 3.70. The van der Waals surface area contributed by atoms with Crippen LogP contribution in [0.4, 0.5) is 0 Å². The summed E-state index contributed by atoms with van der Waals surface area (Å²) in [5.41, 5.74) is 2.33. The van der Waals surface area contributed by atoms with Gasteiger partial charge < -0.3 is 5.11 Å². The smallest absolute Gasteiger partial charge is 0.328 e. The van der Waals surface area contributed by atoms with Crippen LogP contribution in [0.25, 0.3) is 0 Å². The molecule has 2 aliphatic carbocycles. The first-order valence-corrected chi connectivity index (χ1v) is 4.47. The lowest BCUT2D eigenvalue weighted by atomic mass is 9.71. The Bertz CT molecular complexity index is 323. The Morgan fingerprint density at radius 1 is 1.62 bits per heavy atom. The third-order valence-electron chi connectivity index (χ3n) is 2.90. The van der Waals surface area contributed by atoms with E-state index in [9.17, 15) is 4.79 Å². The van der Waals surface area contributed by atoms with Crippen molar-refractivity contribution in [2.45, 2.75) is 12.8 Å². The lowest BCUT2D eigenvalue weighted by Crippen LogP contribution is -2.24. The molecule has 1 N–H and O–H groups in total. The molecule has 2 nitrogen and oxygen atoms in total. The molecule has 0 aliphatic heterocycles. The maximum Gasteiger partial charge on any atom is 0.328 e. The van der Waals surface area contributed by atoms with Crippen molar-refractivity contribution in [2.24, 2.45) is 11.8 Å². The van der Waals surface area contributed by atoms with Gasteiger partial charge in [-0.1, -0.05) is 29.9 Å². The summed E-state index contributed by atoms with van der Waals surface area (Å²) >= 11 is 0. The molecule has 0 heterocycles. The first-order chi connectivity index (χ1) is 6.20. The number of fused-ring (bicyclic) bond motifs is 1. The van der Waals surface area contributed by atoms with E-state index in [2.05, 4.69) is 12.7 Å². The molecule has 1 saturated carbocycles.